The number of H-pyrrole nitrogens is 1. The zero-order valence-corrected chi connectivity index (χ0v) is 14.0. The smallest absolute Gasteiger partial charge is 0.216 e. The van der Waals surface area contributed by atoms with Gasteiger partial charge in [0.15, 0.2) is 0 Å². The second kappa shape index (κ2) is 7.65. The van der Waals surface area contributed by atoms with Gasteiger partial charge in [0.25, 0.3) is 0 Å². The van der Waals surface area contributed by atoms with E-state index in [4.69, 9.17) is 17.0 Å². The van der Waals surface area contributed by atoms with E-state index < -0.39 is 0 Å². The molecule has 0 atom stereocenters. The van der Waals surface area contributed by atoms with Crippen LogP contribution in [0.15, 0.2) is 53.8 Å². The largest absolute Gasteiger partial charge is 0.494 e. The minimum Gasteiger partial charge on any atom is -0.494 e. The van der Waals surface area contributed by atoms with Gasteiger partial charge in [-0.1, -0.05) is 13.0 Å². The molecule has 2 aromatic heterocycles. The lowest BCUT2D eigenvalue weighted by Crippen LogP contribution is -1.97. The molecule has 0 fully saturated rings. The number of aromatic nitrogens is 4. The van der Waals surface area contributed by atoms with Crippen molar-refractivity contribution in [3.8, 4) is 17.3 Å². The van der Waals surface area contributed by atoms with Crippen LogP contribution in [0.5, 0.6) is 5.75 Å². The molecule has 1 N–H and O–H groups in total. The lowest BCUT2D eigenvalue weighted by Gasteiger charge is -2.04. The fraction of sp³-hybridized carbons (Fsp3) is 0.176. The van der Waals surface area contributed by atoms with Crippen molar-refractivity contribution in [2.24, 2.45) is 5.10 Å². The molecule has 7 heteroatoms. The molecule has 1 aromatic carbocycles. The Balaban J connectivity index is 1.82. The highest BCUT2D eigenvalue weighted by atomic mass is 32.1. The number of nitrogens with one attached hydrogen (secondary N) is 1. The molecule has 122 valence electrons. The summed E-state index contributed by atoms with van der Waals surface area (Å²) in [6.07, 6.45) is 4.41. The SMILES string of the molecule is CCCOc1ccc(C=Nn2c(-c3ccccn3)n[nH]c2=S)cc1. The summed E-state index contributed by atoms with van der Waals surface area (Å²) in [4.78, 5) is 4.28. The van der Waals surface area contributed by atoms with Crippen LogP contribution in [0, 0.1) is 4.77 Å². The third-order valence-electron chi connectivity index (χ3n) is 3.22. The highest BCUT2D eigenvalue weighted by molar-refractivity contribution is 7.71. The third kappa shape index (κ3) is 3.75. The van der Waals surface area contributed by atoms with Crippen molar-refractivity contribution in [1.29, 1.82) is 0 Å². The maximum atomic E-state index is 5.57. The number of aromatic amines is 1. The van der Waals surface area contributed by atoms with Gasteiger partial charge in [-0.3, -0.25) is 4.98 Å². The number of ether oxygens (including phenoxy) is 1. The van der Waals surface area contributed by atoms with Gasteiger partial charge in [0.2, 0.25) is 10.6 Å². The van der Waals surface area contributed by atoms with Crippen molar-refractivity contribution < 1.29 is 4.74 Å². The minimum absolute atomic E-state index is 0.412. The molecule has 2 heterocycles. The number of benzene rings is 1. The summed E-state index contributed by atoms with van der Waals surface area (Å²) in [5.41, 5.74) is 1.64. The highest BCUT2D eigenvalue weighted by Gasteiger charge is 2.08. The Morgan fingerprint density at radius 2 is 2.08 bits per heavy atom. The van der Waals surface area contributed by atoms with Gasteiger partial charge in [0.1, 0.15) is 11.4 Å². The van der Waals surface area contributed by atoms with Crippen molar-refractivity contribution in [2.75, 3.05) is 6.61 Å². The Morgan fingerprint density at radius 3 is 2.79 bits per heavy atom. The molecule has 0 bridgehead atoms. The molecule has 0 aliphatic rings. The van der Waals surface area contributed by atoms with Gasteiger partial charge in [0, 0.05) is 6.20 Å². The average Bonchev–Trinajstić information content (AvgIpc) is 3.00. The number of nitrogens with zero attached hydrogens (tertiary/aromatic N) is 4. The normalized spacial score (nSPS) is 11.0. The molecule has 0 spiro atoms. The van der Waals surface area contributed by atoms with Crippen LogP contribution >= 0.6 is 12.2 Å². The molecule has 6 nitrogen and oxygen atoms in total. The van der Waals surface area contributed by atoms with Crippen LogP contribution in [0.2, 0.25) is 0 Å². The quantitative estimate of drug-likeness (QED) is 0.549. The van der Waals surface area contributed by atoms with E-state index in [0.717, 1.165) is 17.7 Å². The molecule has 3 aromatic rings. The second-order valence-electron chi connectivity index (χ2n) is 5.04. The van der Waals surface area contributed by atoms with Crippen LogP contribution in [-0.4, -0.2) is 32.7 Å². The van der Waals surface area contributed by atoms with Gasteiger partial charge in [0.05, 0.1) is 12.8 Å². The summed E-state index contributed by atoms with van der Waals surface area (Å²) >= 11 is 5.24. The molecule has 24 heavy (non-hydrogen) atoms. The Kier molecular flexibility index (Phi) is 5.12. The van der Waals surface area contributed by atoms with E-state index in [2.05, 4.69) is 27.2 Å². The molecule has 0 saturated carbocycles. The van der Waals surface area contributed by atoms with Crippen molar-refractivity contribution in [2.45, 2.75) is 13.3 Å². The van der Waals surface area contributed by atoms with Gasteiger partial charge >= 0.3 is 0 Å². The molecular formula is C17H17N5OS. The molecule has 0 aliphatic carbocycles. The van der Waals surface area contributed by atoms with Crippen molar-refractivity contribution in [3.63, 3.8) is 0 Å². The maximum Gasteiger partial charge on any atom is 0.216 e. The highest BCUT2D eigenvalue weighted by Crippen LogP contribution is 2.14. The Labute approximate surface area is 144 Å². The standard InChI is InChI=1S/C17H17N5OS/c1-2-11-23-14-8-6-13(7-9-14)12-19-22-16(20-21-17(22)24)15-5-3-4-10-18-15/h3-10,12H,2,11H2,1H3,(H,21,24). The first-order chi connectivity index (χ1) is 11.8. The zero-order chi connectivity index (χ0) is 16.8. The van der Waals surface area contributed by atoms with Gasteiger partial charge in [-0.05, 0) is 60.6 Å². The summed E-state index contributed by atoms with van der Waals surface area (Å²) in [6.45, 7) is 2.79. The predicted molar refractivity (Wildman–Crippen MR) is 95.9 cm³/mol. The fourth-order valence-corrected chi connectivity index (χ4v) is 2.23. The summed E-state index contributed by atoms with van der Waals surface area (Å²) in [5.74, 6) is 1.42. The molecule has 3 rings (SSSR count). The van der Waals surface area contributed by atoms with Gasteiger partial charge in [-0.25, -0.2) is 5.10 Å². The fourth-order valence-electron chi connectivity index (χ4n) is 2.05. The zero-order valence-electron chi connectivity index (χ0n) is 13.2. The number of hydrogen-bond acceptors (Lipinski definition) is 5. The van der Waals surface area contributed by atoms with Gasteiger partial charge < -0.3 is 4.74 Å². The minimum atomic E-state index is 0.412. The molecular weight excluding hydrogens is 322 g/mol. The van der Waals surface area contributed by atoms with Gasteiger partial charge in [-0.2, -0.15) is 14.9 Å². The van der Waals surface area contributed by atoms with Crippen LogP contribution in [0.4, 0.5) is 0 Å². The predicted octanol–water partition coefficient (Wildman–Crippen LogP) is 3.67. The first-order valence-corrected chi connectivity index (χ1v) is 8.05. The molecule has 0 radical (unpaired) electrons. The first-order valence-electron chi connectivity index (χ1n) is 7.64. The monoisotopic (exact) mass is 339 g/mol. The first kappa shape index (κ1) is 16.1. The van der Waals surface area contributed by atoms with Crippen LogP contribution in [0.3, 0.4) is 0 Å². The molecule has 0 saturated heterocycles. The van der Waals surface area contributed by atoms with Crippen molar-refractivity contribution in [3.05, 3.63) is 59.0 Å². The summed E-state index contributed by atoms with van der Waals surface area (Å²) in [6, 6.07) is 13.3. The summed E-state index contributed by atoms with van der Waals surface area (Å²) in [5, 5.41) is 11.4. The molecule has 0 aliphatic heterocycles. The van der Waals surface area contributed by atoms with E-state index in [1.165, 1.54) is 0 Å². The Bertz CT molecular complexity index is 868. The Hall–Kier alpha value is -2.80. The maximum absolute atomic E-state index is 5.57. The van der Waals surface area contributed by atoms with E-state index in [9.17, 15) is 0 Å². The number of hydrogen-bond donors (Lipinski definition) is 1. The van der Waals surface area contributed by atoms with Crippen molar-refractivity contribution >= 4 is 18.4 Å². The topological polar surface area (TPSA) is 68.1 Å². The average molecular weight is 339 g/mol. The van der Waals surface area contributed by atoms with E-state index in [-0.39, 0.29) is 0 Å². The van der Waals surface area contributed by atoms with Gasteiger partial charge in [-0.15, -0.1) is 0 Å². The number of rotatable bonds is 6. The van der Waals surface area contributed by atoms with Crippen LogP contribution in [0.25, 0.3) is 11.5 Å². The van der Waals surface area contributed by atoms with E-state index in [1.54, 1.807) is 17.1 Å². The second-order valence-corrected chi connectivity index (χ2v) is 5.43. The lowest BCUT2D eigenvalue weighted by molar-refractivity contribution is 0.317. The van der Waals surface area contributed by atoms with E-state index in [0.29, 0.717) is 22.9 Å². The van der Waals surface area contributed by atoms with Crippen LogP contribution in [0.1, 0.15) is 18.9 Å². The van der Waals surface area contributed by atoms with E-state index >= 15 is 0 Å². The third-order valence-corrected chi connectivity index (χ3v) is 3.48. The molecule has 0 amide bonds. The van der Waals surface area contributed by atoms with Crippen molar-refractivity contribution in [1.82, 2.24) is 19.9 Å². The molecule has 0 unspecified atom stereocenters. The summed E-state index contributed by atoms with van der Waals surface area (Å²) in [7, 11) is 0. The number of pyridine rings is 1. The van der Waals surface area contributed by atoms with Crippen LogP contribution < -0.4 is 4.74 Å². The lowest BCUT2D eigenvalue weighted by atomic mass is 10.2. The summed E-state index contributed by atoms with van der Waals surface area (Å²) < 4.78 is 7.53. The Morgan fingerprint density at radius 1 is 1.25 bits per heavy atom. The van der Waals surface area contributed by atoms with E-state index in [1.807, 2.05) is 42.5 Å². The van der Waals surface area contributed by atoms with Crippen LogP contribution in [-0.2, 0) is 0 Å².